The van der Waals surface area contributed by atoms with Crippen LogP contribution in [-0.2, 0) is 9.59 Å². The van der Waals surface area contributed by atoms with Crippen LogP contribution >= 0.6 is 11.6 Å². The van der Waals surface area contributed by atoms with Gasteiger partial charge in [-0.05, 0) is 19.1 Å². The molecule has 19 heavy (non-hydrogen) atoms. The second kappa shape index (κ2) is 8.50. The molecule has 0 aliphatic carbocycles. The van der Waals surface area contributed by atoms with Gasteiger partial charge in [0.05, 0.1) is 17.3 Å². The molecule has 6 heteroatoms. The molecule has 0 unspecified atom stereocenters. The quantitative estimate of drug-likeness (QED) is 0.663. The van der Waals surface area contributed by atoms with Gasteiger partial charge < -0.3 is 16.0 Å². The Balaban J connectivity index is 2.22. The van der Waals surface area contributed by atoms with Gasteiger partial charge in [-0.15, -0.1) is 0 Å². The predicted molar refractivity (Wildman–Crippen MR) is 76.3 cm³/mol. The zero-order chi connectivity index (χ0) is 14.1. The summed E-state index contributed by atoms with van der Waals surface area (Å²) < 4.78 is 0. The SMILES string of the molecule is CCNC(=O)CCNCC(=O)Nc1ccccc1Cl. The molecule has 0 bridgehead atoms. The largest absolute Gasteiger partial charge is 0.356 e. The van der Waals surface area contributed by atoms with Crippen molar-refractivity contribution in [2.75, 3.05) is 25.0 Å². The van der Waals surface area contributed by atoms with Crippen LogP contribution in [0.4, 0.5) is 5.69 Å². The lowest BCUT2D eigenvalue weighted by atomic mass is 10.3. The topological polar surface area (TPSA) is 70.2 Å². The third kappa shape index (κ3) is 6.22. The predicted octanol–water partition coefficient (Wildman–Crippen LogP) is 1.39. The average molecular weight is 284 g/mol. The fourth-order valence-electron chi connectivity index (χ4n) is 1.45. The van der Waals surface area contributed by atoms with Crippen LogP contribution in [0.2, 0.25) is 5.02 Å². The molecular formula is C13H18ClN3O2. The van der Waals surface area contributed by atoms with Crippen LogP contribution in [0, 0.1) is 0 Å². The number of hydrogen-bond acceptors (Lipinski definition) is 3. The van der Waals surface area contributed by atoms with E-state index in [1.54, 1.807) is 24.3 Å². The van der Waals surface area contributed by atoms with E-state index in [1.807, 2.05) is 6.92 Å². The van der Waals surface area contributed by atoms with Crippen LogP contribution in [0.1, 0.15) is 13.3 Å². The van der Waals surface area contributed by atoms with Crippen molar-refractivity contribution in [3.05, 3.63) is 29.3 Å². The van der Waals surface area contributed by atoms with Crippen molar-refractivity contribution in [2.24, 2.45) is 0 Å². The minimum atomic E-state index is -0.191. The normalized spacial score (nSPS) is 10.0. The number of para-hydroxylation sites is 1. The van der Waals surface area contributed by atoms with Crippen molar-refractivity contribution < 1.29 is 9.59 Å². The summed E-state index contributed by atoms with van der Waals surface area (Å²) in [5, 5.41) is 8.77. The molecule has 0 aliphatic rings. The molecule has 0 aromatic heterocycles. The van der Waals surface area contributed by atoms with Gasteiger partial charge in [0.2, 0.25) is 11.8 Å². The van der Waals surface area contributed by atoms with E-state index in [-0.39, 0.29) is 18.4 Å². The molecule has 1 rings (SSSR count). The van der Waals surface area contributed by atoms with Crippen molar-refractivity contribution in [3.8, 4) is 0 Å². The number of halogens is 1. The number of nitrogens with one attached hydrogen (secondary N) is 3. The smallest absolute Gasteiger partial charge is 0.238 e. The molecule has 0 aliphatic heterocycles. The lowest BCUT2D eigenvalue weighted by Gasteiger charge is -2.08. The van der Waals surface area contributed by atoms with Crippen molar-refractivity contribution in [2.45, 2.75) is 13.3 Å². The van der Waals surface area contributed by atoms with E-state index in [9.17, 15) is 9.59 Å². The molecule has 1 aromatic rings. The number of anilines is 1. The van der Waals surface area contributed by atoms with Crippen molar-refractivity contribution >= 4 is 29.1 Å². The van der Waals surface area contributed by atoms with Gasteiger partial charge in [-0.2, -0.15) is 0 Å². The lowest BCUT2D eigenvalue weighted by Crippen LogP contribution is -2.32. The first kappa shape index (κ1) is 15.5. The number of benzene rings is 1. The van der Waals surface area contributed by atoms with Gasteiger partial charge >= 0.3 is 0 Å². The lowest BCUT2D eigenvalue weighted by molar-refractivity contribution is -0.121. The standard InChI is InChI=1S/C13H18ClN3O2/c1-2-16-12(18)7-8-15-9-13(19)17-11-6-4-3-5-10(11)14/h3-6,15H,2,7-9H2,1H3,(H,16,18)(H,17,19). The van der Waals surface area contributed by atoms with E-state index in [2.05, 4.69) is 16.0 Å². The maximum absolute atomic E-state index is 11.6. The highest BCUT2D eigenvalue weighted by Crippen LogP contribution is 2.19. The Hall–Kier alpha value is -1.59. The van der Waals surface area contributed by atoms with Crippen molar-refractivity contribution in [3.63, 3.8) is 0 Å². The monoisotopic (exact) mass is 283 g/mol. The summed E-state index contributed by atoms with van der Waals surface area (Å²) in [6.45, 7) is 3.08. The summed E-state index contributed by atoms with van der Waals surface area (Å²) in [4.78, 5) is 22.8. The van der Waals surface area contributed by atoms with Gasteiger partial charge in [0.1, 0.15) is 0 Å². The Morgan fingerprint density at radius 3 is 2.63 bits per heavy atom. The summed E-state index contributed by atoms with van der Waals surface area (Å²) in [5.41, 5.74) is 0.583. The van der Waals surface area contributed by atoms with Crippen molar-refractivity contribution in [1.29, 1.82) is 0 Å². The number of rotatable bonds is 7. The van der Waals surface area contributed by atoms with E-state index in [1.165, 1.54) is 0 Å². The minimum Gasteiger partial charge on any atom is -0.356 e. The summed E-state index contributed by atoms with van der Waals surface area (Å²) in [6.07, 6.45) is 0.354. The average Bonchev–Trinajstić information content (AvgIpc) is 2.38. The number of carbonyl (C=O) groups is 2. The molecule has 0 radical (unpaired) electrons. The molecule has 0 saturated heterocycles. The molecule has 5 nitrogen and oxygen atoms in total. The maximum atomic E-state index is 11.6. The number of amides is 2. The third-order valence-electron chi connectivity index (χ3n) is 2.34. The first-order valence-electron chi connectivity index (χ1n) is 6.15. The van der Waals surface area contributed by atoms with Crippen LogP contribution < -0.4 is 16.0 Å². The van der Waals surface area contributed by atoms with Gasteiger partial charge in [0.25, 0.3) is 0 Å². The molecule has 1 aromatic carbocycles. The highest BCUT2D eigenvalue weighted by Gasteiger charge is 2.05. The Morgan fingerprint density at radius 1 is 1.21 bits per heavy atom. The van der Waals surface area contributed by atoms with E-state index >= 15 is 0 Å². The molecule has 0 atom stereocenters. The summed E-state index contributed by atoms with van der Waals surface area (Å²) in [7, 11) is 0. The van der Waals surface area contributed by atoms with Gasteiger partial charge in [0.15, 0.2) is 0 Å². The van der Waals surface area contributed by atoms with E-state index in [4.69, 9.17) is 11.6 Å². The molecule has 0 fully saturated rings. The Kier molecular flexibility index (Phi) is 6.92. The first-order chi connectivity index (χ1) is 9.13. The van der Waals surface area contributed by atoms with Gasteiger partial charge in [0, 0.05) is 19.5 Å². The Labute approximate surface area is 117 Å². The van der Waals surface area contributed by atoms with Gasteiger partial charge in [-0.25, -0.2) is 0 Å². The van der Waals surface area contributed by atoms with E-state index in [0.29, 0.717) is 30.2 Å². The highest BCUT2D eigenvalue weighted by atomic mass is 35.5. The molecule has 104 valence electrons. The van der Waals surface area contributed by atoms with Gasteiger partial charge in [-0.3, -0.25) is 9.59 Å². The summed E-state index contributed by atoms with van der Waals surface area (Å²) in [6, 6.07) is 7.03. The molecule has 0 saturated carbocycles. The summed E-state index contributed by atoms with van der Waals surface area (Å²) in [5.74, 6) is -0.217. The van der Waals surface area contributed by atoms with Crippen LogP contribution in [0.5, 0.6) is 0 Å². The molecule has 0 spiro atoms. The van der Waals surface area contributed by atoms with Crippen molar-refractivity contribution in [1.82, 2.24) is 10.6 Å². The Morgan fingerprint density at radius 2 is 1.95 bits per heavy atom. The zero-order valence-electron chi connectivity index (χ0n) is 10.8. The zero-order valence-corrected chi connectivity index (χ0v) is 11.6. The van der Waals surface area contributed by atoms with Crippen LogP contribution in [-0.4, -0.2) is 31.4 Å². The highest BCUT2D eigenvalue weighted by molar-refractivity contribution is 6.33. The number of hydrogen-bond donors (Lipinski definition) is 3. The fraction of sp³-hybridized carbons (Fsp3) is 0.385. The van der Waals surface area contributed by atoms with E-state index < -0.39 is 0 Å². The maximum Gasteiger partial charge on any atom is 0.238 e. The second-order valence-electron chi connectivity index (χ2n) is 3.91. The van der Waals surface area contributed by atoms with Gasteiger partial charge in [-0.1, -0.05) is 23.7 Å². The Bertz CT molecular complexity index is 438. The molecule has 3 N–H and O–H groups in total. The van der Waals surface area contributed by atoms with Crippen LogP contribution in [0.15, 0.2) is 24.3 Å². The molecular weight excluding hydrogens is 266 g/mol. The molecule has 2 amide bonds. The third-order valence-corrected chi connectivity index (χ3v) is 2.67. The minimum absolute atomic E-state index is 0.0264. The summed E-state index contributed by atoms with van der Waals surface area (Å²) >= 11 is 5.92. The van der Waals surface area contributed by atoms with E-state index in [0.717, 1.165) is 0 Å². The number of carbonyl (C=O) groups excluding carboxylic acids is 2. The second-order valence-corrected chi connectivity index (χ2v) is 4.32. The molecule has 0 heterocycles. The van der Waals surface area contributed by atoms with Crippen LogP contribution in [0.25, 0.3) is 0 Å². The van der Waals surface area contributed by atoms with Crippen LogP contribution in [0.3, 0.4) is 0 Å². The first-order valence-corrected chi connectivity index (χ1v) is 6.53. The fourth-order valence-corrected chi connectivity index (χ4v) is 1.63.